The predicted octanol–water partition coefficient (Wildman–Crippen LogP) is 3.95. The van der Waals surface area contributed by atoms with Crippen molar-refractivity contribution in [2.24, 2.45) is 11.8 Å². The van der Waals surface area contributed by atoms with Crippen molar-refractivity contribution >= 4 is 29.1 Å². The third kappa shape index (κ3) is 5.02. The molecule has 5 atom stereocenters. The van der Waals surface area contributed by atoms with Gasteiger partial charge in [-0.1, -0.05) is 36.4 Å². The van der Waals surface area contributed by atoms with Crippen LogP contribution in [0, 0.1) is 25.7 Å². The lowest BCUT2D eigenvalue weighted by atomic mass is 9.77. The zero-order chi connectivity index (χ0) is 31.0. The SMILES string of the molecule is CCOc1ccc(N2CC=C[C@@H]3O[C@]45C=CCN(c6cc(C)ccc6C)C(=O)C4N(CCCCCO)C(=O)[C@@H]5[C@@H]3C2=O)cc1. The van der Waals surface area contributed by atoms with Gasteiger partial charge in [0.05, 0.1) is 24.5 Å². The molecule has 0 saturated carbocycles. The number of fused-ring (bicyclic) bond motifs is 2. The van der Waals surface area contributed by atoms with E-state index in [-0.39, 0.29) is 24.3 Å². The Kier molecular flexibility index (Phi) is 8.35. The number of rotatable bonds is 9. The van der Waals surface area contributed by atoms with E-state index in [0.29, 0.717) is 44.8 Å². The number of anilines is 2. The van der Waals surface area contributed by atoms with Gasteiger partial charge in [0.15, 0.2) is 0 Å². The molecule has 0 bridgehead atoms. The molecule has 3 amide bonds. The highest BCUT2D eigenvalue weighted by molar-refractivity contribution is 6.07. The van der Waals surface area contributed by atoms with E-state index in [1.54, 1.807) is 14.7 Å². The highest BCUT2D eigenvalue weighted by Gasteiger charge is 2.71. The van der Waals surface area contributed by atoms with Crippen molar-refractivity contribution in [3.8, 4) is 5.75 Å². The fourth-order valence-corrected chi connectivity index (χ4v) is 7.29. The van der Waals surface area contributed by atoms with Gasteiger partial charge in [0, 0.05) is 37.6 Å². The lowest BCUT2D eigenvalue weighted by molar-refractivity contribution is -0.140. The van der Waals surface area contributed by atoms with Gasteiger partial charge in [-0.2, -0.15) is 0 Å². The molecule has 4 aliphatic heterocycles. The van der Waals surface area contributed by atoms with Crippen LogP contribution in [0.4, 0.5) is 11.4 Å². The van der Waals surface area contributed by atoms with Gasteiger partial charge < -0.3 is 29.3 Å². The molecular weight excluding hydrogens is 558 g/mol. The number of ether oxygens (including phenoxy) is 2. The molecule has 9 heteroatoms. The van der Waals surface area contributed by atoms with Crippen molar-refractivity contribution in [1.82, 2.24) is 4.90 Å². The number of aryl methyl sites for hydroxylation is 2. The van der Waals surface area contributed by atoms with E-state index in [0.717, 1.165) is 29.0 Å². The number of carbonyl (C=O) groups excluding carboxylic acids is 3. The van der Waals surface area contributed by atoms with E-state index in [1.807, 2.05) is 87.5 Å². The predicted molar refractivity (Wildman–Crippen MR) is 168 cm³/mol. The van der Waals surface area contributed by atoms with Crippen molar-refractivity contribution in [3.63, 3.8) is 0 Å². The molecular formula is C35H41N3O6. The molecule has 4 heterocycles. The Bertz CT molecular complexity index is 1490. The van der Waals surface area contributed by atoms with Crippen molar-refractivity contribution in [2.45, 2.75) is 57.8 Å². The summed E-state index contributed by atoms with van der Waals surface area (Å²) in [7, 11) is 0. The van der Waals surface area contributed by atoms with Crippen molar-refractivity contribution in [3.05, 3.63) is 77.9 Å². The second-order valence-corrected chi connectivity index (χ2v) is 12.1. The highest BCUT2D eigenvalue weighted by Crippen LogP contribution is 2.54. The first-order valence-electron chi connectivity index (χ1n) is 15.7. The average Bonchev–Trinajstić information content (AvgIpc) is 3.32. The monoisotopic (exact) mass is 599 g/mol. The number of nitrogens with zero attached hydrogens (tertiary/aromatic N) is 3. The molecule has 2 aromatic carbocycles. The average molecular weight is 600 g/mol. The molecule has 2 aromatic rings. The van der Waals surface area contributed by atoms with Gasteiger partial charge >= 0.3 is 0 Å². The fraction of sp³-hybridized carbons (Fsp3) is 0.457. The third-order valence-corrected chi connectivity index (χ3v) is 9.33. The number of amides is 3. The van der Waals surface area contributed by atoms with Gasteiger partial charge in [0.2, 0.25) is 11.8 Å². The van der Waals surface area contributed by atoms with E-state index in [2.05, 4.69) is 0 Å². The Hall–Kier alpha value is -3.95. The summed E-state index contributed by atoms with van der Waals surface area (Å²) in [5, 5.41) is 9.34. The number of aliphatic hydroxyl groups excluding tert-OH is 1. The maximum Gasteiger partial charge on any atom is 0.253 e. The molecule has 1 unspecified atom stereocenters. The van der Waals surface area contributed by atoms with Crippen LogP contribution in [0.3, 0.4) is 0 Å². The zero-order valence-electron chi connectivity index (χ0n) is 25.6. The molecule has 44 heavy (non-hydrogen) atoms. The second kappa shape index (κ2) is 12.2. The molecule has 0 aromatic heterocycles. The minimum Gasteiger partial charge on any atom is -0.494 e. The van der Waals surface area contributed by atoms with Crippen LogP contribution in [-0.2, 0) is 19.1 Å². The summed E-state index contributed by atoms with van der Waals surface area (Å²) in [6.07, 6.45) is 8.91. The van der Waals surface area contributed by atoms with Crippen LogP contribution in [0.1, 0.15) is 37.3 Å². The minimum atomic E-state index is -1.28. The molecule has 6 rings (SSSR count). The van der Waals surface area contributed by atoms with Crippen LogP contribution in [0.5, 0.6) is 5.75 Å². The molecule has 0 aliphatic carbocycles. The molecule has 4 aliphatic rings. The Morgan fingerprint density at radius 1 is 0.932 bits per heavy atom. The summed E-state index contributed by atoms with van der Waals surface area (Å²) < 4.78 is 12.4. The number of aliphatic hydroxyl groups is 1. The van der Waals surface area contributed by atoms with Crippen LogP contribution in [0.2, 0.25) is 0 Å². The molecule has 2 fully saturated rings. The first-order chi connectivity index (χ1) is 21.3. The fourth-order valence-electron chi connectivity index (χ4n) is 7.29. The summed E-state index contributed by atoms with van der Waals surface area (Å²) in [6.45, 7) is 7.53. The van der Waals surface area contributed by atoms with Gasteiger partial charge in [-0.05, 0) is 81.5 Å². The first-order valence-corrected chi connectivity index (χ1v) is 15.7. The van der Waals surface area contributed by atoms with Gasteiger partial charge in [-0.25, -0.2) is 0 Å². The molecule has 0 radical (unpaired) electrons. The van der Waals surface area contributed by atoms with Gasteiger partial charge in [-0.15, -0.1) is 0 Å². The summed E-state index contributed by atoms with van der Waals surface area (Å²) in [5.41, 5.74) is 2.23. The maximum absolute atomic E-state index is 14.6. The maximum atomic E-state index is 14.6. The molecule has 232 valence electrons. The molecule has 9 nitrogen and oxygen atoms in total. The van der Waals surface area contributed by atoms with Crippen LogP contribution in [0.25, 0.3) is 0 Å². The van der Waals surface area contributed by atoms with Crippen molar-refractivity contribution < 1.29 is 29.0 Å². The van der Waals surface area contributed by atoms with E-state index >= 15 is 0 Å². The minimum absolute atomic E-state index is 0.0705. The van der Waals surface area contributed by atoms with Gasteiger partial charge in [0.25, 0.3) is 5.91 Å². The lowest BCUT2D eigenvalue weighted by Crippen LogP contribution is -2.55. The third-order valence-electron chi connectivity index (χ3n) is 9.33. The summed E-state index contributed by atoms with van der Waals surface area (Å²) >= 11 is 0. The summed E-state index contributed by atoms with van der Waals surface area (Å²) in [5.74, 6) is -1.56. The van der Waals surface area contributed by atoms with Crippen LogP contribution in [-0.4, -0.2) is 78.3 Å². The van der Waals surface area contributed by atoms with E-state index in [1.165, 1.54) is 0 Å². The second-order valence-electron chi connectivity index (χ2n) is 12.1. The first kappa shape index (κ1) is 30.1. The number of hydrogen-bond donors (Lipinski definition) is 1. The van der Waals surface area contributed by atoms with E-state index in [4.69, 9.17) is 9.47 Å². The van der Waals surface area contributed by atoms with Crippen molar-refractivity contribution in [2.75, 3.05) is 42.6 Å². The standard InChI is InChI=1S/C35H41N3O6/c1-4-43-26-15-13-25(14-16-26)36-19-8-10-28-29(32(36)40)30-33(41)38(18-6-5-7-21-39)31-34(42)37(20-9-17-35(30,31)44-28)27-22-23(2)11-12-24(27)3/h8-17,22,28-31,39H,4-7,18-21H2,1-3H3/t28-,29+,30-,31?,35-/m0/s1. The number of unbranched alkanes of at least 4 members (excludes halogenated alkanes) is 2. The topological polar surface area (TPSA) is 99.6 Å². The normalized spacial score (nSPS) is 27.7. The smallest absolute Gasteiger partial charge is 0.253 e. The summed E-state index contributed by atoms with van der Waals surface area (Å²) in [4.78, 5) is 48.6. The number of benzene rings is 2. The van der Waals surface area contributed by atoms with E-state index < -0.39 is 29.6 Å². The van der Waals surface area contributed by atoms with Crippen molar-refractivity contribution in [1.29, 1.82) is 0 Å². The lowest BCUT2D eigenvalue weighted by Gasteiger charge is -2.35. The largest absolute Gasteiger partial charge is 0.494 e. The van der Waals surface area contributed by atoms with E-state index in [9.17, 15) is 19.5 Å². The molecule has 1 spiro atoms. The van der Waals surface area contributed by atoms with Crippen LogP contribution in [0.15, 0.2) is 66.8 Å². The number of likely N-dealkylation sites (tertiary alicyclic amines) is 1. The highest BCUT2D eigenvalue weighted by atomic mass is 16.5. The van der Waals surface area contributed by atoms with Gasteiger partial charge in [-0.3, -0.25) is 14.4 Å². The number of hydrogen-bond acceptors (Lipinski definition) is 6. The molecule has 2 saturated heterocycles. The van der Waals surface area contributed by atoms with Gasteiger partial charge in [0.1, 0.15) is 17.4 Å². The Morgan fingerprint density at radius 3 is 2.45 bits per heavy atom. The Morgan fingerprint density at radius 2 is 1.70 bits per heavy atom. The molecule has 1 N–H and O–H groups in total. The van der Waals surface area contributed by atoms with Crippen LogP contribution >= 0.6 is 0 Å². The Labute approximate surface area is 258 Å². The summed E-state index contributed by atoms with van der Waals surface area (Å²) in [6, 6.07) is 12.5. The zero-order valence-corrected chi connectivity index (χ0v) is 25.6. The quantitative estimate of drug-likeness (QED) is 0.346. The Balaban J connectivity index is 1.39. The van der Waals surface area contributed by atoms with Crippen LogP contribution < -0.4 is 14.5 Å². The number of carbonyl (C=O) groups is 3.